The number of rotatable bonds is 10. The van der Waals surface area contributed by atoms with E-state index in [2.05, 4.69) is 39.8 Å². The van der Waals surface area contributed by atoms with Crippen molar-refractivity contribution in [3.63, 3.8) is 0 Å². The quantitative estimate of drug-likeness (QED) is 0.0794. The van der Waals surface area contributed by atoms with Crippen molar-refractivity contribution < 1.29 is 46.5 Å². The molecule has 5 N–H and O–H groups in total. The van der Waals surface area contributed by atoms with Gasteiger partial charge in [0.2, 0.25) is 0 Å². The van der Waals surface area contributed by atoms with Crippen molar-refractivity contribution >= 4 is 179 Å². The van der Waals surface area contributed by atoms with Crippen molar-refractivity contribution in [2.24, 2.45) is 0 Å². The van der Waals surface area contributed by atoms with E-state index in [1.54, 1.807) is 154 Å². The number of aryl methyl sites for hydroxylation is 4. The van der Waals surface area contributed by atoms with Crippen molar-refractivity contribution in [3.8, 4) is 0 Å². The fraction of sp³-hybridized carbons (Fsp3) is 0.156. The number of benzene rings is 10. The first kappa shape index (κ1) is 87.2. The van der Waals surface area contributed by atoms with Crippen molar-refractivity contribution in [3.05, 3.63) is 352 Å². The van der Waals surface area contributed by atoms with Crippen LogP contribution in [0.2, 0.25) is 15.1 Å². The van der Waals surface area contributed by atoms with Crippen LogP contribution in [-0.2, 0) is 82.2 Å². The van der Waals surface area contributed by atoms with Gasteiger partial charge in [-0.1, -0.05) is 107 Å². The number of nitrogens with one attached hydrogen (secondary N) is 5. The van der Waals surface area contributed by atoms with E-state index in [4.69, 9.17) is 47.9 Å². The number of anilines is 5. The first-order valence-corrected chi connectivity index (χ1v) is 47.5. The summed E-state index contributed by atoms with van der Waals surface area (Å²) in [5.41, 5.74) is 9.25. The largest absolute Gasteiger partial charge is 0.328 e. The number of hydrogen-bond acceptors (Lipinski definition) is 16. The monoisotopic (exact) mass is 1860 g/mol. The van der Waals surface area contributed by atoms with E-state index in [9.17, 15) is 70.5 Å². The molecule has 5 aliphatic heterocycles. The highest BCUT2D eigenvalue weighted by molar-refractivity contribution is 7.94. The molecule has 0 spiro atoms. The third kappa shape index (κ3) is 15.8. The van der Waals surface area contributed by atoms with Gasteiger partial charge >= 0.3 is 0 Å². The number of aromatic amines is 5. The van der Waals surface area contributed by atoms with E-state index in [1.807, 2.05) is 19.1 Å². The second-order valence-corrected chi connectivity index (χ2v) is 40.7. The summed E-state index contributed by atoms with van der Waals surface area (Å²) in [6, 6.07) is 47.1. The Bertz CT molecular complexity index is 8060. The first-order valence-electron chi connectivity index (χ1n) is 39.1. The second-order valence-electron chi connectivity index (χ2n) is 30.3. The third-order valence-electron chi connectivity index (χ3n) is 22.8. The maximum Gasteiger partial charge on any atom is 0.272 e. The normalized spacial score (nSPS) is 13.9. The Labute approximate surface area is 740 Å². The fourth-order valence-electron chi connectivity index (χ4n) is 16.7. The fourth-order valence-corrected chi connectivity index (χ4v) is 25.9. The second kappa shape index (κ2) is 33.9. The van der Waals surface area contributed by atoms with Crippen LogP contribution in [0.4, 0.5) is 44.2 Å². The van der Waals surface area contributed by atoms with Crippen molar-refractivity contribution in [1.29, 1.82) is 0 Å². The topological polar surface area (TPSA) is 373 Å². The predicted molar refractivity (Wildman–Crippen MR) is 490 cm³/mol. The Balaban J connectivity index is 0.000000117. The molecule has 0 bridgehead atoms. The average Bonchev–Trinajstić information content (AvgIpc) is 1.06. The van der Waals surface area contributed by atoms with Crippen molar-refractivity contribution in [2.75, 3.05) is 54.2 Å². The number of pyridine rings is 4. The summed E-state index contributed by atoms with van der Waals surface area (Å²) >= 11 is 18.1. The lowest BCUT2D eigenvalue weighted by molar-refractivity contribution is 0.590. The summed E-state index contributed by atoms with van der Waals surface area (Å²) < 4.78 is 154. The van der Waals surface area contributed by atoms with E-state index in [1.165, 1.54) is 76.5 Å². The zero-order chi connectivity index (χ0) is 90.3. The van der Waals surface area contributed by atoms with Gasteiger partial charge in [0.05, 0.1) is 71.7 Å². The van der Waals surface area contributed by atoms with Gasteiger partial charge in [0, 0.05) is 127 Å². The maximum absolute atomic E-state index is 14.3. The van der Waals surface area contributed by atoms with E-state index in [-0.39, 0.29) is 63.9 Å². The molecule has 10 heterocycles. The summed E-state index contributed by atoms with van der Waals surface area (Å²) in [4.78, 5) is 77.4. The Hall–Kier alpha value is -13.3. The molecule has 127 heavy (non-hydrogen) atoms. The Morgan fingerprint density at radius 1 is 0.339 bits per heavy atom. The molecule has 0 saturated carbocycles. The molecule has 5 aromatic heterocycles. The number of H-pyrrole nitrogens is 5. The molecule has 10 aromatic carbocycles. The van der Waals surface area contributed by atoms with Crippen LogP contribution < -0.4 is 49.3 Å². The Morgan fingerprint density at radius 3 is 1.05 bits per heavy atom. The van der Waals surface area contributed by atoms with Crippen LogP contribution in [0.1, 0.15) is 50.1 Å². The Kier molecular flexibility index (Phi) is 23.3. The maximum atomic E-state index is 14.3. The van der Waals surface area contributed by atoms with E-state index >= 15 is 0 Å². The molecule has 0 atom stereocenters. The number of nitrogens with zero attached hydrogens (tertiary/aromatic N) is 8. The number of halogens is 4. The van der Waals surface area contributed by atoms with Crippen LogP contribution in [0.5, 0.6) is 0 Å². The Morgan fingerprint density at radius 2 is 0.654 bits per heavy atom. The molecule has 5 aliphatic rings. The third-order valence-corrected chi connectivity index (χ3v) is 32.8. The SMILES string of the molecule is Cc1c[nH]c(=O)c2cccc(S(=O)(=O)N3CCc4ccc(Cl)cc43)c12.O=c1[nH]cc(F)c2c(S(=O)(=O)N3CCc4ccc(Cl)cc43)cccc12.O=c1[nH]ncc2c(S(=O)(=O)N3CCc4ccc(Cl)cc43)cccc12.[C-]#[N+]c1cc(C)c2c(c1)N(S(=O)(=O)c1cccc3c(=O)[nH]cc(C)c13)CC2.[C-]#[N+]c1ccc2c(c1)N(S(=O)(=O)c1cccc3c(=O)[nH]cc(C)c13)CC2. The predicted octanol–water partition coefficient (Wildman–Crippen LogP) is 15.2. The lowest BCUT2D eigenvalue weighted by atomic mass is 10.1. The molecular weight excluding hydrogens is 1790 g/mol. The first-order chi connectivity index (χ1) is 60.5. The number of hydrogen-bond donors (Lipinski definition) is 5. The van der Waals surface area contributed by atoms with Crippen LogP contribution in [0, 0.1) is 46.7 Å². The minimum atomic E-state index is -4.05. The average molecular weight is 1860 g/mol. The summed E-state index contributed by atoms with van der Waals surface area (Å²) in [7, 11) is -19.4. The molecule has 15 aromatic rings. The van der Waals surface area contributed by atoms with E-state index in [0.717, 1.165) is 39.6 Å². The highest BCUT2D eigenvalue weighted by Crippen LogP contribution is 2.44. The number of fused-ring (bicyclic) bond motifs is 10. The van der Waals surface area contributed by atoms with Gasteiger partial charge < -0.3 is 19.9 Å². The lowest BCUT2D eigenvalue weighted by Gasteiger charge is -2.21. The van der Waals surface area contributed by atoms with Crippen LogP contribution in [0.25, 0.3) is 63.6 Å². The zero-order valence-electron chi connectivity index (χ0n) is 67.5. The summed E-state index contributed by atoms with van der Waals surface area (Å²) in [5, 5.41) is 10.2. The smallest absolute Gasteiger partial charge is 0.272 e. The molecule has 0 amide bonds. The zero-order valence-corrected chi connectivity index (χ0v) is 73.8. The van der Waals surface area contributed by atoms with E-state index < -0.39 is 67.1 Å². The van der Waals surface area contributed by atoms with Crippen LogP contribution in [-0.4, -0.2) is 105 Å². The number of sulfonamides is 5. The molecule has 0 saturated heterocycles. The highest BCUT2D eigenvalue weighted by atomic mass is 35.5. The lowest BCUT2D eigenvalue weighted by Crippen LogP contribution is -2.29. The molecule has 0 unspecified atom stereocenters. The number of aromatic nitrogens is 6. The van der Waals surface area contributed by atoms with Crippen LogP contribution in [0.15, 0.2) is 255 Å². The minimum absolute atomic E-state index is 0.00779. The molecule has 28 nitrogen and oxygen atoms in total. The van der Waals surface area contributed by atoms with Gasteiger partial charge in [-0.15, -0.1) is 0 Å². The van der Waals surface area contributed by atoms with Gasteiger partial charge in [-0.05, 0) is 214 Å². The van der Waals surface area contributed by atoms with Crippen molar-refractivity contribution in [1.82, 2.24) is 30.1 Å². The standard InChI is InChI=1S/C20H17N3O3S.C19H15N3O3S.C18H15ClN2O3S.C17H12ClFN2O3S.C16H12ClN3O3S/c1-12-9-14(21-3)10-17-15(12)7-8-23(17)27(25,26)18-6-4-5-16-19(18)13(2)11-22-20(16)24;1-12-11-21-19(23)15-4-3-5-17(18(12)15)26(24,25)22-9-8-13-6-7-14(20-2)10-16(13)22;1-11-10-20-18(22)14-3-2-4-16(17(11)14)25(23,24)21-8-7-12-5-6-13(19)9-15(12)21;18-11-5-4-10-6-7-21(14(10)8-11)25(23,24)15-3-1-2-12-16(15)13(19)9-20-17(12)22;17-11-5-4-10-6-7-20(14(10)8-11)24(22,23)15-3-1-2-12-13(15)9-18-19-16(12)21/h4-6,9-11H,7-8H2,1-2H3,(H,22,24);3-7,10-11H,8-9H2,1H3,(H,21,23);2-6,9-10H,7-8H2,1H3,(H,20,22);1-5,8-9H,6-7H2,(H,20,22);1-5,8-9H,6-7H2,(H,19,21). The van der Waals surface area contributed by atoms with Gasteiger partial charge in [0.15, 0.2) is 11.4 Å². The molecule has 20 rings (SSSR count). The van der Waals surface area contributed by atoms with Crippen molar-refractivity contribution in [2.45, 2.75) is 84.3 Å². The van der Waals surface area contributed by atoms with Gasteiger partial charge in [0.25, 0.3) is 77.9 Å². The molecule has 0 fully saturated rings. The molecule has 37 heteroatoms. The van der Waals surface area contributed by atoms with Gasteiger partial charge in [0.1, 0.15) is 5.82 Å². The summed E-state index contributed by atoms with van der Waals surface area (Å²) in [5.74, 6) is -0.792. The molecule has 0 aliphatic carbocycles. The highest BCUT2D eigenvalue weighted by Gasteiger charge is 2.39. The van der Waals surface area contributed by atoms with E-state index in [0.29, 0.717) is 168 Å². The summed E-state index contributed by atoms with van der Waals surface area (Å²) in [6.07, 6.45) is 9.82. The summed E-state index contributed by atoms with van der Waals surface area (Å²) in [6.45, 7) is 23.2. The molecule has 644 valence electrons. The van der Waals surface area contributed by atoms with Gasteiger partial charge in [-0.25, -0.2) is 61.3 Å². The molecule has 0 radical (unpaired) electrons. The minimum Gasteiger partial charge on any atom is -0.328 e. The van der Waals surface area contributed by atoms with Crippen LogP contribution >= 0.6 is 34.8 Å². The van der Waals surface area contributed by atoms with Gasteiger partial charge in [-0.3, -0.25) is 45.5 Å². The van der Waals surface area contributed by atoms with Gasteiger partial charge in [-0.2, -0.15) is 5.10 Å². The van der Waals surface area contributed by atoms with Crippen LogP contribution in [0.3, 0.4) is 0 Å². The molecular formula is C90H71Cl3FN13O15S5.